The number of thiophene rings is 3. The van der Waals surface area contributed by atoms with Crippen LogP contribution in [0.5, 0.6) is 0 Å². The number of fused-ring (bicyclic) bond motifs is 10. The van der Waals surface area contributed by atoms with E-state index in [0.29, 0.717) is 0 Å². The summed E-state index contributed by atoms with van der Waals surface area (Å²) in [6, 6.07) is 78.3. The lowest BCUT2D eigenvalue weighted by Gasteiger charge is -2.10. The van der Waals surface area contributed by atoms with Crippen molar-refractivity contribution in [1.29, 1.82) is 0 Å². The van der Waals surface area contributed by atoms with Crippen molar-refractivity contribution in [2.24, 2.45) is 0 Å². The maximum absolute atomic E-state index is 5.52. The van der Waals surface area contributed by atoms with Gasteiger partial charge in [-0.3, -0.25) is 0 Å². The molecule has 14 rings (SSSR count). The Morgan fingerprint density at radius 3 is 0.955 bits per heavy atom. The summed E-state index contributed by atoms with van der Waals surface area (Å²) in [6.07, 6.45) is 0. The van der Waals surface area contributed by atoms with Crippen LogP contribution >= 0.6 is 45.3 Å². The summed E-state index contributed by atoms with van der Waals surface area (Å²) in [7, 11) is 0. The SMILES string of the molecule is c1ccc2c(c1)sc1c(-c3ccc(-c4nc5c(-c6ccc(-c7cccc8c7sc7ccccc78)cc6)ccc(-c6ccc(-c7cccc8c7sc7ccccc78)cc6)c5s4)cc3)cccc12. The van der Waals surface area contributed by atoms with Crippen molar-refractivity contribution in [3.8, 4) is 66.2 Å². The highest BCUT2D eigenvalue weighted by Gasteiger charge is 2.19. The van der Waals surface area contributed by atoms with Crippen LogP contribution in [-0.4, -0.2) is 4.98 Å². The lowest BCUT2D eigenvalue weighted by molar-refractivity contribution is 1.47. The molecule has 66 heavy (non-hydrogen) atoms. The van der Waals surface area contributed by atoms with Gasteiger partial charge in [-0.15, -0.1) is 45.3 Å². The molecule has 0 radical (unpaired) electrons. The number of benzene rings is 10. The Kier molecular flexibility index (Phi) is 8.74. The van der Waals surface area contributed by atoms with E-state index in [1.807, 2.05) is 34.0 Å². The first kappa shape index (κ1) is 38.1. The summed E-state index contributed by atoms with van der Waals surface area (Å²) in [5.74, 6) is 0. The molecule has 0 saturated heterocycles. The molecule has 0 fully saturated rings. The number of hydrogen-bond acceptors (Lipinski definition) is 5. The second kappa shape index (κ2) is 15.2. The molecule has 0 spiro atoms. The van der Waals surface area contributed by atoms with Crippen molar-refractivity contribution in [1.82, 2.24) is 4.98 Å². The quantitative estimate of drug-likeness (QED) is 0.162. The Morgan fingerprint density at radius 2 is 0.545 bits per heavy atom. The molecule has 0 aliphatic rings. The molecule has 10 aromatic carbocycles. The molecule has 4 heterocycles. The normalized spacial score (nSPS) is 11.9. The van der Waals surface area contributed by atoms with Crippen LogP contribution in [0.1, 0.15) is 0 Å². The highest BCUT2D eigenvalue weighted by Crippen LogP contribution is 2.46. The van der Waals surface area contributed by atoms with Crippen molar-refractivity contribution < 1.29 is 0 Å². The first-order valence-electron chi connectivity index (χ1n) is 22.2. The lowest BCUT2D eigenvalue weighted by atomic mass is 9.95. The fourth-order valence-corrected chi connectivity index (χ4v) is 14.8. The van der Waals surface area contributed by atoms with Gasteiger partial charge in [-0.1, -0.05) is 194 Å². The van der Waals surface area contributed by atoms with Crippen LogP contribution in [0.3, 0.4) is 0 Å². The minimum atomic E-state index is 1.02. The summed E-state index contributed by atoms with van der Waals surface area (Å²) in [6.45, 7) is 0. The molecule has 5 heteroatoms. The Morgan fingerprint density at radius 1 is 0.227 bits per heavy atom. The van der Waals surface area contributed by atoms with Gasteiger partial charge in [0.1, 0.15) is 5.01 Å². The Hall–Kier alpha value is -7.25. The van der Waals surface area contributed by atoms with E-state index >= 15 is 0 Å². The van der Waals surface area contributed by atoms with Crippen molar-refractivity contribution in [2.45, 2.75) is 0 Å². The third-order valence-corrected chi connectivity index (χ3v) is 18.0. The van der Waals surface area contributed by atoms with Crippen LogP contribution in [0, 0.1) is 0 Å². The van der Waals surface area contributed by atoms with Crippen LogP contribution in [0.4, 0.5) is 0 Å². The Balaban J connectivity index is 0.873. The minimum Gasteiger partial charge on any atom is -0.235 e. The van der Waals surface area contributed by atoms with Gasteiger partial charge >= 0.3 is 0 Å². The highest BCUT2D eigenvalue weighted by molar-refractivity contribution is 7.27. The first-order chi connectivity index (χ1) is 32.7. The average molecular weight is 910 g/mol. The molecular weight excluding hydrogens is 875 g/mol. The van der Waals surface area contributed by atoms with E-state index in [1.165, 1.54) is 110 Å². The molecule has 0 atom stereocenters. The summed E-state index contributed by atoms with van der Waals surface area (Å²) >= 11 is 7.43. The molecule has 4 aromatic heterocycles. The molecule has 0 saturated carbocycles. The zero-order chi connectivity index (χ0) is 43.3. The van der Waals surface area contributed by atoms with E-state index in [-0.39, 0.29) is 0 Å². The van der Waals surface area contributed by atoms with Gasteiger partial charge in [-0.2, -0.15) is 0 Å². The number of rotatable bonds is 6. The number of hydrogen-bond donors (Lipinski definition) is 0. The number of nitrogens with zero attached hydrogens (tertiary/aromatic N) is 1. The molecule has 14 aromatic rings. The van der Waals surface area contributed by atoms with Crippen LogP contribution < -0.4 is 0 Å². The predicted octanol–water partition coefficient (Wildman–Crippen LogP) is 19.4. The maximum atomic E-state index is 5.52. The van der Waals surface area contributed by atoms with Gasteiger partial charge < -0.3 is 0 Å². The largest absolute Gasteiger partial charge is 0.235 e. The first-order valence-corrected chi connectivity index (χ1v) is 25.4. The molecule has 0 N–H and O–H groups in total. The minimum absolute atomic E-state index is 1.02. The summed E-state index contributed by atoms with van der Waals surface area (Å²) in [4.78, 5) is 5.52. The Bertz CT molecular complexity index is 4010. The fourth-order valence-electron chi connectivity index (χ4n) is 9.96. The maximum Gasteiger partial charge on any atom is 0.124 e. The van der Waals surface area contributed by atoms with Gasteiger partial charge in [0.2, 0.25) is 0 Å². The number of thiazole rings is 1. The predicted molar refractivity (Wildman–Crippen MR) is 291 cm³/mol. The summed E-state index contributed by atoms with van der Waals surface area (Å²) in [5, 5.41) is 8.95. The second-order valence-electron chi connectivity index (χ2n) is 16.9. The van der Waals surface area contributed by atoms with Crippen LogP contribution in [0.15, 0.2) is 212 Å². The van der Waals surface area contributed by atoms with Gasteiger partial charge in [0.15, 0.2) is 0 Å². The van der Waals surface area contributed by atoms with Crippen LogP contribution in [-0.2, 0) is 0 Å². The van der Waals surface area contributed by atoms with Gasteiger partial charge in [0, 0.05) is 77.2 Å². The zero-order valence-electron chi connectivity index (χ0n) is 35.3. The zero-order valence-corrected chi connectivity index (χ0v) is 38.6. The van der Waals surface area contributed by atoms with Gasteiger partial charge in [0.05, 0.1) is 10.2 Å². The van der Waals surface area contributed by atoms with E-state index in [0.717, 1.165) is 27.2 Å². The van der Waals surface area contributed by atoms with Crippen molar-refractivity contribution in [3.05, 3.63) is 212 Å². The molecule has 1 nitrogen and oxygen atoms in total. The van der Waals surface area contributed by atoms with Crippen molar-refractivity contribution in [2.75, 3.05) is 0 Å². The smallest absolute Gasteiger partial charge is 0.124 e. The van der Waals surface area contributed by atoms with Crippen LogP contribution in [0.25, 0.3) is 137 Å². The van der Waals surface area contributed by atoms with Gasteiger partial charge in [-0.05, 0) is 62.7 Å². The summed E-state index contributed by atoms with van der Waals surface area (Å²) in [5.41, 5.74) is 14.3. The molecule has 0 bridgehead atoms. The van der Waals surface area contributed by atoms with Gasteiger partial charge in [-0.25, -0.2) is 4.98 Å². The monoisotopic (exact) mass is 909 g/mol. The second-order valence-corrected chi connectivity index (χ2v) is 21.1. The fraction of sp³-hybridized carbons (Fsp3) is 0. The van der Waals surface area contributed by atoms with Crippen molar-refractivity contribution >= 4 is 116 Å². The van der Waals surface area contributed by atoms with Crippen molar-refractivity contribution in [3.63, 3.8) is 0 Å². The molecule has 308 valence electrons. The summed E-state index contributed by atoms with van der Waals surface area (Å²) < 4.78 is 9.17. The number of aromatic nitrogens is 1. The third-order valence-electron chi connectivity index (χ3n) is 13.2. The average Bonchev–Trinajstić information content (AvgIpc) is 4.18. The van der Waals surface area contributed by atoms with E-state index < -0.39 is 0 Å². The molecule has 0 aliphatic carbocycles. The standard InChI is InChI=1S/C61H35NS4/c1-4-19-53-47(10-1)50-16-7-13-43(57(50)63-53)37-24-22-36(23-25-37)42-34-35-46(40-28-26-38(27-29-40)44-14-8-17-51-48-11-2-5-20-54(48)64-58(44)51)60-56(42)62-61(66-60)41-32-30-39(31-33-41)45-15-9-18-52-49-12-3-6-21-55(49)65-59(45)52/h1-35H. The third kappa shape index (κ3) is 6.05. The van der Waals surface area contributed by atoms with Gasteiger partial charge in [0.25, 0.3) is 0 Å². The van der Waals surface area contributed by atoms with E-state index in [2.05, 4.69) is 212 Å². The molecular formula is C61H35NS4. The molecule has 0 unspecified atom stereocenters. The lowest BCUT2D eigenvalue weighted by Crippen LogP contribution is -1.86. The molecule has 0 aliphatic heterocycles. The van der Waals surface area contributed by atoms with E-state index in [4.69, 9.17) is 4.98 Å². The topological polar surface area (TPSA) is 12.9 Å². The van der Waals surface area contributed by atoms with E-state index in [1.54, 1.807) is 11.3 Å². The molecule has 0 amide bonds. The van der Waals surface area contributed by atoms with Crippen LogP contribution in [0.2, 0.25) is 0 Å². The highest BCUT2D eigenvalue weighted by atomic mass is 32.1. The van der Waals surface area contributed by atoms with E-state index in [9.17, 15) is 0 Å². The Labute approximate surface area is 396 Å².